The molecule has 1 aromatic rings. The van der Waals surface area contributed by atoms with Gasteiger partial charge in [0.2, 0.25) is 0 Å². The quantitative estimate of drug-likeness (QED) is 0.476. The third-order valence-corrected chi connectivity index (χ3v) is 1.27. The van der Waals surface area contributed by atoms with Gasteiger partial charge in [-0.1, -0.05) is 36.3 Å². The highest BCUT2D eigenvalue weighted by atomic mass is 16.6. The molecule has 0 unspecified atom stereocenters. The normalized spacial score (nSPS) is 8.09. The molecule has 2 N–H and O–H groups in total. The summed E-state index contributed by atoms with van der Waals surface area (Å²) in [6.45, 7) is 0. The van der Waals surface area contributed by atoms with Crippen molar-refractivity contribution in [1.29, 1.82) is 0 Å². The fourth-order valence-electron chi connectivity index (χ4n) is 0.776. The van der Waals surface area contributed by atoms with E-state index in [0.29, 0.717) is 6.42 Å². The highest BCUT2D eigenvalue weighted by Crippen LogP contribution is 1.97. The summed E-state index contributed by atoms with van der Waals surface area (Å²) >= 11 is 0. The van der Waals surface area contributed by atoms with Gasteiger partial charge in [0.15, 0.2) is 0 Å². The summed E-state index contributed by atoms with van der Waals surface area (Å²) in [5.74, 6) is 7.47. The van der Waals surface area contributed by atoms with Crippen molar-refractivity contribution in [3.8, 4) is 12.0 Å². The minimum atomic E-state index is 0.679. The Kier molecular flexibility index (Phi) is 3.04. The number of hydrogen-bond acceptors (Lipinski definition) is 2. The van der Waals surface area contributed by atoms with Gasteiger partial charge in [-0.15, -0.1) is 0 Å². The fourth-order valence-corrected chi connectivity index (χ4v) is 0.776. The van der Waals surface area contributed by atoms with E-state index in [1.807, 2.05) is 30.3 Å². The van der Waals surface area contributed by atoms with E-state index in [0.717, 1.165) is 5.56 Å². The maximum absolute atomic E-state index is 4.72. The smallest absolute Gasteiger partial charge is 0.137 e. The van der Waals surface area contributed by atoms with Crippen molar-refractivity contribution < 1.29 is 4.84 Å². The van der Waals surface area contributed by atoms with Crippen LogP contribution in [0.2, 0.25) is 0 Å². The Morgan fingerprint density at radius 3 is 2.64 bits per heavy atom. The molecule has 1 rings (SSSR count). The van der Waals surface area contributed by atoms with Crippen LogP contribution in [0.1, 0.15) is 5.56 Å². The number of nitrogens with two attached hydrogens (primary N) is 1. The maximum Gasteiger partial charge on any atom is 0.137 e. The summed E-state index contributed by atoms with van der Waals surface area (Å²) < 4.78 is 0. The Balaban J connectivity index is 2.52. The van der Waals surface area contributed by atoms with Crippen LogP contribution in [0.3, 0.4) is 0 Å². The molecular weight excluding hydrogens is 138 g/mol. The van der Waals surface area contributed by atoms with Gasteiger partial charge >= 0.3 is 0 Å². The summed E-state index contributed by atoms with van der Waals surface area (Å²) in [5, 5.41) is 0. The van der Waals surface area contributed by atoms with E-state index in [-0.39, 0.29) is 0 Å². The summed E-state index contributed by atoms with van der Waals surface area (Å²) in [5.41, 5.74) is 1.16. The average Bonchev–Trinajstić information content (AvgIpc) is 2.07. The van der Waals surface area contributed by atoms with E-state index in [4.69, 9.17) is 5.90 Å². The van der Waals surface area contributed by atoms with Gasteiger partial charge in [0.05, 0.1) is 0 Å². The highest BCUT2D eigenvalue weighted by molar-refractivity contribution is 5.19. The molecule has 0 bridgehead atoms. The molecule has 0 fully saturated rings. The molecule has 2 heteroatoms. The molecule has 0 saturated carbocycles. The molecule has 0 aromatic heterocycles. The number of hydrogen-bond donors (Lipinski definition) is 1. The van der Waals surface area contributed by atoms with Crippen molar-refractivity contribution >= 4 is 0 Å². The molecule has 1 aromatic carbocycles. The molecule has 0 heterocycles. The third kappa shape index (κ3) is 2.74. The van der Waals surface area contributed by atoms with E-state index < -0.39 is 0 Å². The SMILES string of the molecule is NOC#CCc1ccccc1. The van der Waals surface area contributed by atoms with Crippen molar-refractivity contribution in [2.24, 2.45) is 5.90 Å². The number of benzene rings is 1. The average molecular weight is 147 g/mol. The Bertz CT molecular complexity index is 258. The molecule has 0 atom stereocenters. The van der Waals surface area contributed by atoms with Crippen molar-refractivity contribution in [3.63, 3.8) is 0 Å². The molecule has 2 nitrogen and oxygen atoms in total. The Labute approximate surface area is 65.9 Å². The predicted octanol–water partition coefficient (Wildman–Crippen LogP) is 1.08. The number of rotatable bonds is 1. The monoisotopic (exact) mass is 147 g/mol. The third-order valence-electron chi connectivity index (χ3n) is 1.27. The zero-order valence-electron chi connectivity index (χ0n) is 6.08. The van der Waals surface area contributed by atoms with Crippen LogP contribution in [-0.2, 0) is 11.3 Å². The summed E-state index contributed by atoms with van der Waals surface area (Å²) in [6, 6.07) is 9.92. The van der Waals surface area contributed by atoms with E-state index >= 15 is 0 Å². The second-order valence-electron chi connectivity index (χ2n) is 2.06. The second kappa shape index (κ2) is 4.37. The zero-order valence-corrected chi connectivity index (χ0v) is 6.08. The molecule has 0 amide bonds. The lowest BCUT2D eigenvalue weighted by atomic mass is 10.2. The van der Waals surface area contributed by atoms with E-state index in [1.165, 1.54) is 0 Å². The van der Waals surface area contributed by atoms with Gasteiger partial charge in [-0.2, -0.15) is 5.90 Å². The lowest BCUT2D eigenvalue weighted by molar-refractivity contribution is 0.291. The molecule has 0 saturated heterocycles. The molecular formula is C9H9NO. The topological polar surface area (TPSA) is 35.2 Å². The van der Waals surface area contributed by atoms with Crippen LogP contribution in [0.4, 0.5) is 0 Å². The molecule has 0 aliphatic heterocycles. The first-order valence-electron chi connectivity index (χ1n) is 3.31. The van der Waals surface area contributed by atoms with Crippen LogP contribution in [0.5, 0.6) is 0 Å². The largest absolute Gasteiger partial charge is 0.359 e. The zero-order chi connectivity index (χ0) is 7.94. The first kappa shape index (κ1) is 7.64. The maximum atomic E-state index is 4.72. The van der Waals surface area contributed by atoms with Gasteiger partial charge in [0.1, 0.15) is 6.11 Å². The minimum Gasteiger partial charge on any atom is -0.359 e. The standard InChI is InChI=1S/C9H9NO/c10-11-8-4-7-9-5-2-1-3-6-9/h1-3,5-6H,7,10H2. The lowest BCUT2D eigenvalue weighted by Gasteiger charge is -1.90. The van der Waals surface area contributed by atoms with Crippen LogP contribution in [-0.4, -0.2) is 0 Å². The molecule has 0 aliphatic carbocycles. The highest BCUT2D eigenvalue weighted by Gasteiger charge is 1.84. The van der Waals surface area contributed by atoms with Crippen LogP contribution < -0.4 is 5.90 Å². The van der Waals surface area contributed by atoms with E-state index in [2.05, 4.69) is 16.9 Å². The van der Waals surface area contributed by atoms with Crippen molar-refractivity contribution in [2.45, 2.75) is 6.42 Å². The fraction of sp³-hybridized carbons (Fsp3) is 0.111. The summed E-state index contributed by atoms with van der Waals surface area (Å²) in [6.07, 6.45) is 3.00. The van der Waals surface area contributed by atoms with Gasteiger partial charge in [0, 0.05) is 6.42 Å². The van der Waals surface area contributed by atoms with E-state index in [9.17, 15) is 0 Å². The summed E-state index contributed by atoms with van der Waals surface area (Å²) in [7, 11) is 0. The molecule has 11 heavy (non-hydrogen) atoms. The van der Waals surface area contributed by atoms with Gasteiger partial charge in [0.25, 0.3) is 0 Å². The Morgan fingerprint density at radius 1 is 1.27 bits per heavy atom. The first-order chi connectivity index (χ1) is 5.43. The van der Waals surface area contributed by atoms with Crippen LogP contribution >= 0.6 is 0 Å². The summed E-state index contributed by atoms with van der Waals surface area (Å²) in [4.78, 5) is 4.10. The first-order valence-corrected chi connectivity index (χ1v) is 3.31. The van der Waals surface area contributed by atoms with Gasteiger partial charge < -0.3 is 4.84 Å². The molecule has 0 aliphatic rings. The van der Waals surface area contributed by atoms with Crippen LogP contribution in [0.25, 0.3) is 0 Å². The van der Waals surface area contributed by atoms with Crippen LogP contribution in [0.15, 0.2) is 30.3 Å². The minimum absolute atomic E-state index is 0.679. The van der Waals surface area contributed by atoms with Crippen LogP contribution in [0, 0.1) is 12.0 Å². The van der Waals surface area contributed by atoms with Gasteiger partial charge in [-0.3, -0.25) is 0 Å². The molecule has 0 spiro atoms. The van der Waals surface area contributed by atoms with Crippen molar-refractivity contribution in [2.75, 3.05) is 0 Å². The second-order valence-corrected chi connectivity index (χ2v) is 2.06. The Hall–Kier alpha value is -1.46. The van der Waals surface area contributed by atoms with Crippen molar-refractivity contribution in [3.05, 3.63) is 35.9 Å². The predicted molar refractivity (Wildman–Crippen MR) is 43.2 cm³/mol. The molecule has 0 radical (unpaired) electrons. The lowest BCUT2D eigenvalue weighted by Crippen LogP contribution is -1.89. The van der Waals surface area contributed by atoms with Gasteiger partial charge in [-0.05, 0) is 5.56 Å². The van der Waals surface area contributed by atoms with E-state index in [1.54, 1.807) is 0 Å². The Morgan fingerprint density at radius 2 is 2.00 bits per heavy atom. The van der Waals surface area contributed by atoms with Gasteiger partial charge in [-0.25, -0.2) is 0 Å². The van der Waals surface area contributed by atoms with Crippen molar-refractivity contribution in [1.82, 2.24) is 0 Å². The molecule has 56 valence electrons.